The number of rotatable bonds is 11. The van der Waals surface area contributed by atoms with Crippen molar-refractivity contribution in [2.24, 2.45) is 0 Å². The lowest BCUT2D eigenvalue weighted by atomic mass is 9.55. The molecule has 0 atom stereocenters. The number of hydrogen-bond donors (Lipinski definition) is 1. The molecule has 0 unspecified atom stereocenters. The van der Waals surface area contributed by atoms with Crippen LogP contribution in [0.3, 0.4) is 0 Å². The third-order valence-corrected chi connectivity index (χ3v) is 21.1. The number of aromatic nitrogens is 1. The van der Waals surface area contributed by atoms with E-state index in [2.05, 4.69) is 336 Å². The zero-order valence-corrected chi connectivity index (χ0v) is 53.7. The van der Waals surface area contributed by atoms with E-state index in [-0.39, 0.29) is 21.7 Å². The summed E-state index contributed by atoms with van der Waals surface area (Å²) in [5.74, 6) is 0. The lowest BCUT2D eigenvalue weighted by molar-refractivity contribution is 0.332. The fourth-order valence-corrected chi connectivity index (χ4v) is 15.8. The van der Waals surface area contributed by atoms with Crippen LogP contribution in [0.1, 0.15) is 103 Å². The highest BCUT2D eigenvalue weighted by atomic mass is 15.2. The van der Waals surface area contributed by atoms with Crippen molar-refractivity contribution < 1.29 is 0 Å². The zero-order chi connectivity index (χ0) is 62.0. The van der Waals surface area contributed by atoms with Crippen LogP contribution in [0.2, 0.25) is 0 Å². The molecule has 12 aromatic carbocycles. The third kappa shape index (κ3) is 9.58. The zero-order valence-electron chi connectivity index (χ0n) is 53.7. The molecule has 5 heteroatoms. The van der Waals surface area contributed by atoms with E-state index >= 15 is 0 Å². The molecular weight excluding hydrogens is 1100 g/mol. The van der Waals surface area contributed by atoms with Gasteiger partial charge in [-0.25, -0.2) is 0 Å². The van der Waals surface area contributed by atoms with Crippen LogP contribution < -0.4 is 26.0 Å². The van der Waals surface area contributed by atoms with Crippen LogP contribution in [-0.4, -0.2) is 11.8 Å². The second kappa shape index (κ2) is 21.4. The van der Waals surface area contributed by atoms with Crippen LogP contribution >= 0.6 is 0 Å². The van der Waals surface area contributed by atoms with Crippen molar-refractivity contribution in [3.8, 4) is 39.1 Å². The first-order chi connectivity index (χ1) is 44.1. The summed E-state index contributed by atoms with van der Waals surface area (Å²) in [4.78, 5) is 4.98. The maximum atomic E-state index is 4.21. The Labute approximate surface area is 537 Å². The number of fused-ring (bicyclic) bond motifs is 9. The van der Waals surface area contributed by atoms with E-state index in [4.69, 9.17) is 0 Å². The topological polar surface area (TPSA) is 23.4 Å². The van der Waals surface area contributed by atoms with Crippen LogP contribution in [0, 0.1) is 0 Å². The summed E-state index contributed by atoms with van der Waals surface area (Å²) in [7, 11) is 0.754. The highest BCUT2D eigenvalue weighted by Gasteiger charge is 2.41. The van der Waals surface area contributed by atoms with Gasteiger partial charge in [-0.05, 0) is 199 Å². The van der Waals surface area contributed by atoms with Gasteiger partial charge in [0.25, 0.3) is 0 Å². The first-order valence-corrected chi connectivity index (χ1v) is 32.9. The van der Waals surface area contributed by atoms with Gasteiger partial charge in [-0.3, -0.25) is 0 Å². The number of anilines is 8. The molecule has 91 heavy (non-hydrogen) atoms. The average molecular weight is 1180 g/mol. The minimum absolute atomic E-state index is 0.00201. The summed E-state index contributed by atoms with van der Waals surface area (Å²) in [6.45, 7) is 19.6. The second-order valence-corrected chi connectivity index (χ2v) is 28.7. The molecule has 2 heterocycles. The van der Waals surface area contributed by atoms with Gasteiger partial charge in [-0.2, -0.15) is 0 Å². The molecule has 1 N–H and O–H groups in total. The standard InChI is InChI=1S/C86H77BN4/c1-83(2)47-48-84(3,4)72-51-61(38-45-71(72)83)88-76-46-43-66(89(62-28-17-11-18-29-62)63-30-19-12-20-31-63)52-69(76)70-53-78(90(64-39-33-58(34-40-64)56-23-13-9-14-24-56)65-41-35-59(36-42-65)57-25-15-10-16-26-57)79-68-44-37-60-27-21-22-32-67(60)81(68)91-77-55-74-73(54-75(77)87-80(70)82(79)91)85(5,6)49-50-86(74,7)8/h9-46,51-55,87-88H,47-50H2,1-8H3. The van der Waals surface area contributed by atoms with Crippen LogP contribution in [0.5, 0.6) is 0 Å². The summed E-state index contributed by atoms with van der Waals surface area (Å²) < 4.78 is 2.73. The predicted molar refractivity (Wildman–Crippen MR) is 391 cm³/mol. The molecule has 16 rings (SSSR count). The van der Waals surface area contributed by atoms with Crippen molar-refractivity contribution >= 4 is 96.3 Å². The van der Waals surface area contributed by atoms with Crippen LogP contribution in [0.25, 0.3) is 71.6 Å². The van der Waals surface area contributed by atoms with E-state index in [1.165, 1.54) is 99.3 Å². The number of nitrogens with one attached hydrogen (secondary N) is 1. The van der Waals surface area contributed by atoms with Gasteiger partial charge in [0.05, 0.1) is 16.7 Å². The number of nitrogens with zero attached hydrogens (tertiary/aromatic N) is 3. The molecule has 3 aliphatic rings. The SMILES string of the molecule is CC1(C)CCC(C)(C)c2cc(Nc3ccc(N(c4ccccc4)c4ccccc4)cc3-c3cc(N(c4ccc(-c5ccccc5)cc4)c4ccc(-c5ccccc5)cc4)c4c5ccc6ccccc6c5n5c4c3Bc3cc4c(cc3-5)C(C)(C)CCC4(C)C)ccc21. The molecule has 0 radical (unpaired) electrons. The quantitative estimate of drug-likeness (QED) is 0.131. The first kappa shape index (κ1) is 56.4. The summed E-state index contributed by atoms with van der Waals surface area (Å²) in [6.07, 6.45) is 4.58. The van der Waals surface area contributed by atoms with Gasteiger partial charge in [0.15, 0.2) is 7.28 Å². The molecule has 0 spiro atoms. The Kier molecular flexibility index (Phi) is 13.3. The summed E-state index contributed by atoms with van der Waals surface area (Å²) in [5, 5.41) is 9.16. The fraction of sp³-hybridized carbons (Fsp3) is 0.186. The van der Waals surface area contributed by atoms with Gasteiger partial charge in [-0.1, -0.05) is 231 Å². The largest absolute Gasteiger partial charge is 0.355 e. The fourth-order valence-electron chi connectivity index (χ4n) is 15.8. The van der Waals surface area contributed by atoms with Crippen molar-refractivity contribution in [1.82, 2.24) is 4.57 Å². The number of para-hydroxylation sites is 2. The second-order valence-electron chi connectivity index (χ2n) is 28.7. The van der Waals surface area contributed by atoms with Gasteiger partial charge in [-0.15, -0.1) is 0 Å². The van der Waals surface area contributed by atoms with E-state index in [9.17, 15) is 0 Å². The molecule has 0 saturated carbocycles. The number of hydrogen-bond acceptors (Lipinski definition) is 3. The van der Waals surface area contributed by atoms with Gasteiger partial charge in [0.2, 0.25) is 0 Å². The molecule has 2 aliphatic carbocycles. The maximum Gasteiger partial charge on any atom is 0.198 e. The van der Waals surface area contributed by atoms with Crippen molar-refractivity contribution in [3.05, 3.63) is 283 Å². The first-order valence-electron chi connectivity index (χ1n) is 32.9. The normalized spacial score (nSPS) is 15.5. The molecule has 13 aromatic rings. The van der Waals surface area contributed by atoms with Crippen molar-refractivity contribution in [1.29, 1.82) is 0 Å². The summed E-state index contributed by atoms with van der Waals surface area (Å²) >= 11 is 0. The molecule has 1 aliphatic heterocycles. The Morgan fingerprint density at radius 1 is 0.363 bits per heavy atom. The average Bonchev–Trinajstić information content (AvgIpc) is 1.58. The van der Waals surface area contributed by atoms with E-state index < -0.39 is 0 Å². The Morgan fingerprint density at radius 3 is 1.43 bits per heavy atom. The van der Waals surface area contributed by atoms with Gasteiger partial charge >= 0.3 is 0 Å². The smallest absolute Gasteiger partial charge is 0.198 e. The Bertz CT molecular complexity index is 4840. The van der Waals surface area contributed by atoms with E-state index in [0.29, 0.717) is 0 Å². The molecule has 0 saturated heterocycles. The monoisotopic (exact) mass is 1180 g/mol. The van der Waals surface area contributed by atoms with Crippen LogP contribution in [0.4, 0.5) is 45.5 Å². The molecular formula is C86H77BN4. The third-order valence-electron chi connectivity index (χ3n) is 21.1. The van der Waals surface area contributed by atoms with Crippen molar-refractivity contribution in [2.75, 3.05) is 15.1 Å². The summed E-state index contributed by atoms with van der Waals surface area (Å²) in [6, 6.07) is 98.0. The van der Waals surface area contributed by atoms with Crippen molar-refractivity contribution in [3.63, 3.8) is 0 Å². The molecule has 0 amide bonds. The van der Waals surface area contributed by atoms with Gasteiger partial charge < -0.3 is 19.7 Å². The van der Waals surface area contributed by atoms with Gasteiger partial charge in [0.1, 0.15) is 0 Å². The predicted octanol–water partition coefficient (Wildman–Crippen LogP) is 22.0. The molecule has 4 nitrogen and oxygen atoms in total. The van der Waals surface area contributed by atoms with Crippen LogP contribution in [-0.2, 0) is 21.7 Å². The number of benzene rings is 12. The highest BCUT2D eigenvalue weighted by Crippen LogP contribution is 2.53. The lowest BCUT2D eigenvalue weighted by Gasteiger charge is -2.43. The lowest BCUT2D eigenvalue weighted by Crippen LogP contribution is -2.41. The Hall–Kier alpha value is -9.84. The Morgan fingerprint density at radius 2 is 0.846 bits per heavy atom. The highest BCUT2D eigenvalue weighted by molar-refractivity contribution is 6.74. The molecule has 0 fully saturated rings. The van der Waals surface area contributed by atoms with E-state index in [0.717, 1.165) is 84.0 Å². The molecule has 0 bridgehead atoms. The minimum atomic E-state index is -0.00201. The van der Waals surface area contributed by atoms with E-state index in [1.807, 2.05) is 0 Å². The summed E-state index contributed by atoms with van der Waals surface area (Å²) in [5.41, 5.74) is 28.2. The Balaban J connectivity index is 1.05. The van der Waals surface area contributed by atoms with Gasteiger partial charge in [0, 0.05) is 67.2 Å². The van der Waals surface area contributed by atoms with Crippen LogP contribution in [0.15, 0.2) is 261 Å². The van der Waals surface area contributed by atoms with E-state index in [1.54, 1.807) is 0 Å². The molecule has 444 valence electrons. The molecule has 1 aromatic heterocycles. The minimum Gasteiger partial charge on any atom is -0.355 e. The van der Waals surface area contributed by atoms with Crippen molar-refractivity contribution in [2.45, 2.75) is 103 Å². The maximum absolute atomic E-state index is 4.21.